The lowest BCUT2D eigenvalue weighted by atomic mass is 9.90. The van der Waals surface area contributed by atoms with Crippen LogP contribution in [0.3, 0.4) is 0 Å². The lowest BCUT2D eigenvalue weighted by Crippen LogP contribution is -2.52. The number of carbonyl (C=O) groups is 2. The van der Waals surface area contributed by atoms with Gasteiger partial charge in [0.25, 0.3) is 6.43 Å². The van der Waals surface area contributed by atoms with Gasteiger partial charge in [-0.25, -0.2) is 13.6 Å². The van der Waals surface area contributed by atoms with Crippen molar-refractivity contribution in [3.8, 4) is 11.1 Å². The van der Waals surface area contributed by atoms with E-state index in [0.29, 0.717) is 55.0 Å². The van der Waals surface area contributed by atoms with Crippen LogP contribution in [0.25, 0.3) is 11.1 Å². The van der Waals surface area contributed by atoms with Gasteiger partial charge >= 0.3 is 5.97 Å². The number of likely N-dealkylation sites (tertiary alicyclic amines) is 1. The van der Waals surface area contributed by atoms with Crippen LogP contribution in [0, 0.1) is 5.92 Å². The van der Waals surface area contributed by atoms with Crippen LogP contribution in [0.2, 0.25) is 0 Å². The third kappa shape index (κ3) is 6.64. The summed E-state index contributed by atoms with van der Waals surface area (Å²) >= 11 is 0. The summed E-state index contributed by atoms with van der Waals surface area (Å²) in [6.07, 6.45) is 5.97. The predicted octanol–water partition coefficient (Wildman–Crippen LogP) is 5.25. The van der Waals surface area contributed by atoms with Gasteiger partial charge in [-0.3, -0.25) is 19.1 Å². The van der Waals surface area contributed by atoms with E-state index in [1.165, 1.54) is 6.07 Å². The second-order valence-corrected chi connectivity index (χ2v) is 15.0. The number of nitrogens with zero attached hydrogens (tertiary/aromatic N) is 10. The number of halogens is 2. The van der Waals surface area contributed by atoms with Crippen molar-refractivity contribution in [2.75, 3.05) is 49.1 Å². The number of amides is 1. The number of carboxylic acids is 1. The van der Waals surface area contributed by atoms with Crippen LogP contribution in [-0.4, -0.2) is 102 Å². The van der Waals surface area contributed by atoms with Crippen molar-refractivity contribution >= 4 is 29.2 Å². The van der Waals surface area contributed by atoms with Crippen molar-refractivity contribution in [3.63, 3.8) is 0 Å². The van der Waals surface area contributed by atoms with Gasteiger partial charge in [0.1, 0.15) is 0 Å². The summed E-state index contributed by atoms with van der Waals surface area (Å²) in [5.41, 5.74) is 5.08. The fourth-order valence-electron chi connectivity index (χ4n) is 9.03. The molecule has 15 heteroatoms. The van der Waals surface area contributed by atoms with Crippen LogP contribution in [0.15, 0.2) is 36.7 Å². The van der Waals surface area contributed by atoms with Crippen LogP contribution in [-0.2, 0) is 31.2 Å². The molecule has 1 amide bonds. The molecule has 280 valence electrons. The van der Waals surface area contributed by atoms with Crippen molar-refractivity contribution < 1.29 is 23.5 Å². The van der Waals surface area contributed by atoms with E-state index in [1.54, 1.807) is 43.2 Å². The summed E-state index contributed by atoms with van der Waals surface area (Å²) in [6, 6.07) is 7.44. The second-order valence-electron chi connectivity index (χ2n) is 15.0. The van der Waals surface area contributed by atoms with E-state index in [-0.39, 0.29) is 23.2 Å². The predicted molar refractivity (Wildman–Crippen MR) is 195 cm³/mol. The number of piperidine rings is 2. The number of carbonyl (C=O) groups excluding carboxylic acids is 1. The van der Waals surface area contributed by atoms with E-state index in [4.69, 9.17) is 5.10 Å². The Morgan fingerprint density at radius 1 is 1.00 bits per heavy atom. The molecule has 13 nitrogen and oxygen atoms in total. The normalized spacial score (nSPS) is 21.2. The summed E-state index contributed by atoms with van der Waals surface area (Å²) in [7, 11) is 1.78. The number of hydrogen-bond donors (Lipinski definition) is 1. The third-order valence-corrected chi connectivity index (χ3v) is 11.8. The standard InChI is InChI=1S/C38H46F2N10O3/c1-23-20-48(35-7-6-31(38(52)53)42-43-35)16-10-32(23)46-13-8-27(9-14-46)50-33-11-15-47(24(2)51)22-30(33)37(44-50)49-12-4-5-25-17-28(26-19-41-45(3)21-26)29(36(39)40)18-34(25)49/h6-7,17-19,21,23,27,32,36H,4-5,8-16,20,22H2,1-3H3,(H,52,53)/t23-,32+/m0/s1. The van der Waals surface area contributed by atoms with Crippen LogP contribution >= 0.6 is 0 Å². The molecule has 2 fully saturated rings. The number of aromatic nitrogens is 6. The summed E-state index contributed by atoms with van der Waals surface area (Å²) in [6.45, 7) is 9.16. The van der Waals surface area contributed by atoms with Crippen LogP contribution < -0.4 is 9.80 Å². The maximum Gasteiger partial charge on any atom is 0.356 e. The summed E-state index contributed by atoms with van der Waals surface area (Å²) < 4.78 is 33.2. The molecule has 0 aliphatic carbocycles. The lowest BCUT2D eigenvalue weighted by molar-refractivity contribution is -0.129. The molecule has 4 aliphatic rings. The van der Waals surface area contributed by atoms with E-state index >= 15 is 0 Å². The Hall–Kier alpha value is -4.92. The zero-order chi connectivity index (χ0) is 37.0. The molecule has 2 saturated heterocycles. The molecule has 2 atom stereocenters. The van der Waals surface area contributed by atoms with E-state index < -0.39 is 12.4 Å². The van der Waals surface area contributed by atoms with E-state index in [0.717, 1.165) is 86.6 Å². The highest BCUT2D eigenvalue weighted by atomic mass is 19.3. The minimum atomic E-state index is -2.65. The number of carboxylic acid groups (broad SMARTS) is 1. The number of alkyl halides is 2. The average Bonchev–Trinajstić information content (AvgIpc) is 3.77. The van der Waals surface area contributed by atoms with Gasteiger partial charge in [-0.1, -0.05) is 6.92 Å². The molecule has 0 radical (unpaired) electrons. The minimum Gasteiger partial charge on any atom is -0.476 e. The Morgan fingerprint density at radius 3 is 2.47 bits per heavy atom. The van der Waals surface area contributed by atoms with Gasteiger partial charge < -0.3 is 19.8 Å². The second kappa shape index (κ2) is 14.1. The molecule has 0 spiro atoms. The number of aromatic carboxylic acids is 1. The number of benzene rings is 1. The zero-order valence-corrected chi connectivity index (χ0v) is 30.5. The molecule has 0 bridgehead atoms. The van der Waals surface area contributed by atoms with Crippen molar-refractivity contribution in [2.45, 2.75) is 77.4 Å². The fraction of sp³-hybridized carbons (Fsp3) is 0.526. The third-order valence-electron chi connectivity index (χ3n) is 11.8. The van der Waals surface area contributed by atoms with Crippen LogP contribution in [0.4, 0.5) is 26.1 Å². The molecule has 8 rings (SSSR count). The highest BCUT2D eigenvalue weighted by Gasteiger charge is 2.37. The smallest absolute Gasteiger partial charge is 0.356 e. The number of anilines is 3. The summed E-state index contributed by atoms with van der Waals surface area (Å²) in [5.74, 6) is 0.813. The Kier molecular flexibility index (Phi) is 9.37. The molecular weight excluding hydrogens is 682 g/mol. The van der Waals surface area contributed by atoms with Crippen molar-refractivity contribution in [3.05, 3.63) is 64.7 Å². The monoisotopic (exact) mass is 728 g/mol. The zero-order valence-electron chi connectivity index (χ0n) is 30.5. The number of fused-ring (bicyclic) bond motifs is 2. The maximum atomic E-state index is 14.7. The van der Waals surface area contributed by atoms with Gasteiger partial charge in [-0.05, 0) is 73.4 Å². The molecule has 4 aromatic rings. The van der Waals surface area contributed by atoms with Gasteiger partial charge in [0.05, 0.1) is 18.8 Å². The Balaban J connectivity index is 1.03. The molecule has 4 aliphatic heterocycles. The average molecular weight is 729 g/mol. The maximum absolute atomic E-state index is 14.7. The molecule has 7 heterocycles. The number of hydrogen-bond acceptors (Lipinski definition) is 9. The molecule has 53 heavy (non-hydrogen) atoms. The van der Waals surface area contributed by atoms with Gasteiger partial charge in [-0.2, -0.15) is 10.2 Å². The fourth-order valence-corrected chi connectivity index (χ4v) is 9.03. The number of rotatable bonds is 7. The van der Waals surface area contributed by atoms with Gasteiger partial charge in [-0.15, -0.1) is 10.2 Å². The summed E-state index contributed by atoms with van der Waals surface area (Å²) in [4.78, 5) is 32.6. The number of aryl methyl sites for hydroxylation is 2. The Morgan fingerprint density at radius 2 is 1.81 bits per heavy atom. The first-order chi connectivity index (χ1) is 25.5. The van der Waals surface area contributed by atoms with Crippen LogP contribution in [0.5, 0.6) is 0 Å². The van der Waals surface area contributed by atoms with Crippen LogP contribution in [0.1, 0.15) is 84.9 Å². The highest BCUT2D eigenvalue weighted by molar-refractivity contribution is 5.85. The minimum absolute atomic E-state index is 0.0150. The first-order valence-electron chi connectivity index (χ1n) is 18.7. The molecule has 3 aromatic heterocycles. The van der Waals surface area contributed by atoms with E-state index in [2.05, 4.69) is 41.6 Å². The van der Waals surface area contributed by atoms with Crippen molar-refractivity contribution in [2.24, 2.45) is 13.0 Å². The topological polar surface area (TPSA) is 129 Å². The first kappa shape index (κ1) is 35.1. The molecule has 0 unspecified atom stereocenters. The molecular formula is C38H46F2N10O3. The van der Waals surface area contributed by atoms with Gasteiger partial charge in [0.2, 0.25) is 5.91 Å². The Bertz CT molecular complexity index is 2010. The van der Waals surface area contributed by atoms with E-state index in [9.17, 15) is 23.5 Å². The quantitative estimate of drug-likeness (QED) is 0.270. The molecule has 0 saturated carbocycles. The van der Waals surface area contributed by atoms with Gasteiger partial charge in [0.15, 0.2) is 17.3 Å². The Labute approximate surface area is 307 Å². The lowest BCUT2D eigenvalue weighted by Gasteiger charge is -2.45. The van der Waals surface area contributed by atoms with Crippen molar-refractivity contribution in [1.82, 2.24) is 39.6 Å². The highest BCUT2D eigenvalue weighted by Crippen LogP contribution is 2.44. The van der Waals surface area contributed by atoms with Crippen molar-refractivity contribution in [1.29, 1.82) is 0 Å². The molecule has 1 aromatic carbocycles. The van der Waals surface area contributed by atoms with E-state index in [1.807, 2.05) is 11.0 Å². The van der Waals surface area contributed by atoms with Gasteiger partial charge in [0, 0.05) is 100.0 Å². The first-order valence-corrected chi connectivity index (χ1v) is 18.7. The molecule has 1 N–H and O–H groups in total. The summed E-state index contributed by atoms with van der Waals surface area (Å²) in [5, 5.41) is 26.8. The largest absolute Gasteiger partial charge is 0.476 e. The SMILES string of the molecule is CC(=O)N1CCc2c(c(N3CCCc4cc(-c5cnn(C)c5)c(C(F)F)cc43)nn2C2CCN([C@@H]3CCN(c4ccc(C(=O)O)nn4)C[C@@H]3C)CC2)C1.